The molecule has 0 saturated carbocycles. The molecule has 2 aromatic rings. The van der Waals surface area contributed by atoms with E-state index in [1.54, 1.807) is 24.3 Å². The highest BCUT2D eigenvalue weighted by Gasteiger charge is 2.08. The first-order chi connectivity index (χ1) is 9.19. The number of nitrogens with one attached hydrogen (secondary N) is 1. The third-order valence-corrected chi connectivity index (χ3v) is 2.35. The number of anilines is 1. The van der Waals surface area contributed by atoms with Gasteiger partial charge in [0.2, 0.25) is 0 Å². The number of amides is 1. The molecule has 0 fully saturated rings. The molecule has 0 aliphatic rings. The molecular formula is C14H12FNO3. The standard InChI is InChI=1S/C14H12FNO3/c1-18-13-9-10(7-8-12(13)15)16-14(17)19-11-5-3-2-4-6-11/h2-9H,1H3,(H,16,17). The Morgan fingerprint density at radius 3 is 2.58 bits per heavy atom. The normalized spacial score (nSPS) is 9.79. The van der Waals surface area contributed by atoms with Gasteiger partial charge in [-0.25, -0.2) is 9.18 Å². The molecular weight excluding hydrogens is 249 g/mol. The van der Waals surface area contributed by atoms with Gasteiger partial charge in [0.1, 0.15) is 5.75 Å². The molecule has 0 aliphatic carbocycles. The van der Waals surface area contributed by atoms with Crippen LogP contribution in [0.3, 0.4) is 0 Å². The Hall–Kier alpha value is -2.56. The highest BCUT2D eigenvalue weighted by atomic mass is 19.1. The summed E-state index contributed by atoms with van der Waals surface area (Å²) in [6.45, 7) is 0. The van der Waals surface area contributed by atoms with Crippen LogP contribution < -0.4 is 14.8 Å². The molecule has 2 rings (SSSR count). The van der Waals surface area contributed by atoms with Gasteiger partial charge >= 0.3 is 6.09 Å². The smallest absolute Gasteiger partial charge is 0.417 e. The number of ether oxygens (including phenoxy) is 2. The van der Waals surface area contributed by atoms with E-state index in [1.165, 1.54) is 25.3 Å². The molecule has 0 atom stereocenters. The summed E-state index contributed by atoms with van der Waals surface area (Å²) in [7, 11) is 1.35. The van der Waals surface area contributed by atoms with Gasteiger partial charge < -0.3 is 9.47 Å². The largest absolute Gasteiger partial charge is 0.494 e. The molecule has 1 N–H and O–H groups in total. The topological polar surface area (TPSA) is 47.6 Å². The van der Waals surface area contributed by atoms with Crippen molar-refractivity contribution < 1.29 is 18.7 Å². The average molecular weight is 261 g/mol. The van der Waals surface area contributed by atoms with Gasteiger partial charge in [-0.3, -0.25) is 5.32 Å². The van der Waals surface area contributed by atoms with Gasteiger partial charge in [0, 0.05) is 11.8 Å². The van der Waals surface area contributed by atoms with Crippen molar-refractivity contribution in [2.75, 3.05) is 12.4 Å². The first-order valence-electron chi connectivity index (χ1n) is 5.56. The molecule has 0 unspecified atom stereocenters. The van der Waals surface area contributed by atoms with E-state index in [2.05, 4.69) is 5.32 Å². The number of carbonyl (C=O) groups excluding carboxylic acids is 1. The van der Waals surface area contributed by atoms with Crippen LogP contribution in [0.4, 0.5) is 14.9 Å². The third kappa shape index (κ3) is 3.45. The van der Waals surface area contributed by atoms with E-state index in [0.717, 1.165) is 0 Å². The van der Waals surface area contributed by atoms with E-state index in [-0.39, 0.29) is 5.75 Å². The Morgan fingerprint density at radius 2 is 1.89 bits per heavy atom. The van der Waals surface area contributed by atoms with Crippen molar-refractivity contribution in [3.05, 3.63) is 54.3 Å². The lowest BCUT2D eigenvalue weighted by molar-refractivity contribution is 0.215. The average Bonchev–Trinajstić information content (AvgIpc) is 2.42. The fourth-order valence-electron chi connectivity index (χ4n) is 1.48. The summed E-state index contributed by atoms with van der Waals surface area (Å²) in [4.78, 5) is 11.6. The number of rotatable bonds is 3. The van der Waals surface area contributed by atoms with Gasteiger partial charge in [-0.1, -0.05) is 18.2 Å². The van der Waals surface area contributed by atoms with E-state index >= 15 is 0 Å². The van der Waals surface area contributed by atoms with Crippen LogP contribution in [-0.4, -0.2) is 13.2 Å². The minimum atomic E-state index is -0.653. The zero-order chi connectivity index (χ0) is 13.7. The number of benzene rings is 2. The summed E-state index contributed by atoms with van der Waals surface area (Å²) in [5.41, 5.74) is 0.388. The molecule has 1 amide bonds. The lowest BCUT2D eigenvalue weighted by Gasteiger charge is -2.08. The van der Waals surface area contributed by atoms with Crippen molar-refractivity contribution in [3.8, 4) is 11.5 Å². The zero-order valence-electron chi connectivity index (χ0n) is 10.2. The summed E-state index contributed by atoms with van der Waals surface area (Å²) in [5, 5.41) is 2.48. The molecule has 98 valence electrons. The second-order valence-corrected chi connectivity index (χ2v) is 3.68. The van der Waals surface area contributed by atoms with Crippen LogP contribution in [0, 0.1) is 5.82 Å². The van der Waals surface area contributed by atoms with Crippen LogP contribution in [-0.2, 0) is 0 Å². The minimum absolute atomic E-state index is 0.0533. The maximum absolute atomic E-state index is 13.2. The van der Waals surface area contributed by atoms with Crippen LogP contribution in [0.5, 0.6) is 11.5 Å². The Balaban J connectivity index is 2.03. The maximum atomic E-state index is 13.2. The van der Waals surface area contributed by atoms with Crippen molar-refractivity contribution in [1.29, 1.82) is 0 Å². The second kappa shape index (κ2) is 5.86. The van der Waals surface area contributed by atoms with E-state index in [9.17, 15) is 9.18 Å². The summed E-state index contributed by atoms with van der Waals surface area (Å²) in [6.07, 6.45) is -0.653. The number of para-hydroxylation sites is 1. The zero-order valence-corrected chi connectivity index (χ0v) is 10.2. The van der Waals surface area contributed by atoms with Crippen molar-refractivity contribution >= 4 is 11.8 Å². The van der Waals surface area contributed by atoms with E-state index in [4.69, 9.17) is 9.47 Å². The number of hydrogen-bond donors (Lipinski definition) is 1. The van der Waals surface area contributed by atoms with Gasteiger partial charge in [-0.2, -0.15) is 0 Å². The fourth-order valence-corrected chi connectivity index (χ4v) is 1.48. The molecule has 4 nitrogen and oxygen atoms in total. The quantitative estimate of drug-likeness (QED) is 0.920. The fraction of sp³-hybridized carbons (Fsp3) is 0.0714. The molecule has 0 bridgehead atoms. The first-order valence-corrected chi connectivity index (χ1v) is 5.56. The third-order valence-electron chi connectivity index (χ3n) is 2.35. The lowest BCUT2D eigenvalue weighted by atomic mass is 10.3. The molecule has 0 spiro atoms. The molecule has 0 radical (unpaired) electrons. The summed E-state index contributed by atoms with van der Waals surface area (Å²) >= 11 is 0. The molecule has 2 aromatic carbocycles. The number of halogens is 1. The first kappa shape index (κ1) is 12.9. The Kier molecular flexibility index (Phi) is 3.97. The predicted octanol–water partition coefficient (Wildman–Crippen LogP) is 3.45. The number of hydrogen-bond acceptors (Lipinski definition) is 3. The summed E-state index contributed by atoms with van der Waals surface area (Å²) in [5.74, 6) is -0.0175. The predicted molar refractivity (Wildman–Crippen MR) is 69.0 cm³/mol. The van der Waals surface area contributed by atoms with Crippen molar-refractivity contribution in [1.82, 2.24) is 0 Å². The van der Waals surface area contributed by atoms with Gasteiger partial charge in [-0.05, 0) is 24.3 Å². The molecule has 19 heavy (non-hydrogen) atoms. The van der Waals surface area contributed by atoms with Crippen molar-refractivity contribution in [3.63, 3.8) is 0 Å². The Morgan fingerprint density at radius 1 is 1.16 bits per heavy atom. The van der Waals surface area contributed by atoms with Crippen LogP contribution in [0.2, 0.25) is 0 Å². The Labute approximate surface area is 109 Å². The number of methoxy groups -OCH3 is 1. The van der Waals surface area contributed by atoms with Gasteiger partial charge in [-0.15, -0.1) is 0 Å². The molecule has 0 aromatic heterocycles. The number of carbonyl (C=O) groups is 1. The van der Waals surface area contributed by atoms with Crippen LogP contribution in [0.1, 0.15) is 0 Å². The maximum Gasteiger partial charge on any atom is 0.417 e. The van der Waals surface area contributed by atoms with E-state index in [1.807, 2.05) is 6.07 Å². The molecule has 0 heterocycles. The van der Waals surface area contributed by atoms with Gasteiger partial charge in [0.15, 0.2) is 11.6 Å². The highest BCUT2D eigenvalue weighted by Crippen LogP contribution is 2.21. The van der Waals surface area contributed by atoms with Crippen molar-refractivity contribution in [2.24, 2.45) is 0 Å². The van der Waals surface area contributed by atoms with Crippen LogP contribution >= 0.6 is 0 Å². The molecule has 0 aliphatic heterocycles. The summed E-state index contributed by atoms with van der Waals surface area (Å²) < 4.78 is 23.0. The monoisotopic (exact) mass is 261 g/mol. The molecule has 0 saturated heterocycles. The van der Waals surface area contributed by atoms with E-state index < -0.39 is 11.9 Å². The van der Waals surface area contributed by atoms with E-state index in [0.29, 0.717) is 11.4 Å². The Bertz CT molecular complexity index is 572. The van der Waals surface area contributed by atoms with Crippen molar-refractivity contribution in [2.45, 2.75) is 0 Å². The van der Waals surface area contributed by atoms with Crippen LogP contribution in [0.25, 0.3) is 0 Å². The summed E-state index contributed by atoms with van der Waals surface area (Å²) in [6, 6.07) is 12.6. The SMILES string of the molecule is COc1cc(NC(=O)Oc2ccccc2)ccc1F. The molecule has 5 heteroatoms. The second-order valence-electron chi connectivity index (χ2n) is 3.68. The van der Waals surface area contributed by atoms with Crippen LogP contribution in [0.15, 0.2) is 48.5 Å². The lowest BCUT2D eigenvalue weighted by Crippen LogP contribution is -2.16. The van der Waals surface area contributed by atoms with Gasteiger partial charge in [0.05, 0.1) is 7.11 Å². The van der Waals surface area contributed by atoms with Gasteiger partial charge in [0.25, 0.3) is 0 Å². The highest BCUT2D eigenvalue weighted by molar-refractivity contribution is 5.86. The minimum Gasteiger partial charge on any atom is -0.494 e.